The van der Waals surface area contributed by atoms with E-state index >= 15 is 0 Å². The highest BCUT2D eigenvalue weighted by atomic mass is 16.5. The summed E-state index contributed by atoms with van der Waals surface area (Å²) in [5.74, 6) is 0.970. The van der Waals surface area contributed by atoms with Crippen LogP contribution >= 0.6 is 0 Å². The Morgan fingerprint density at radius 3 is 2.95 bits per heavy atom. The van der Waals surface area contributed by atoms with Gasteiger partial charge in [-0.2, -0.15) is 0 Å². The van der Waals surface area contributed by atoms with E-state index < -0.39 is 0 Å². The monoisotopic (exact) mass is 272 g/mol. The maximum Gasteiger partial charge on any atom is 0.136 e. The summed E-state index contributed by atoms with van der Waals surface area (Å²) < 4.78 is 5.87. The summed E-state index contributed by atoms with van der Waals surface area (Å²) in [6, 6.07) is 10.3. The van der Waals surface area contributed by atoms with Crippen LogP contribution in [0.2, 0.25) is 0 Å². The molecule has 106 valence electrons. The number of hydrogen-bond acceptors (Lipinski definition) is 4. The second-order valence-corrected chi connectivity index (χ2v) is 5.92. The maximum absolute atomic E-state index is 9.43. The molecular formula is C16H20N2O2. The minimum Gasteiger partial charge on any atom is -0.394 e. The van der Waals surface area contributed by atoms with E-state index in [4.69, 9.17) is 4.74 Å². The van der Waals surface area contributed by atoms with Crippen LogP contribution in [-0.4, -0.2) is 41.5 Å². The second-order valence-electron chi connectivity index (χ2n) is 5.92. The lowest BCUT2D eigenvalue weighted by atomic mass is 10.0. The van der Waals surface area contributed by atoms with E-state index in [-0.39, 0.29) is 18.3 Å². The van der Waals surface area contributed by atoms with Crippen molar-refractivity contribution in [2.24, 2.45) is 0 Å². The Morgan fingerprint density at radius 2 is 2.15 bits per heavy atom. The molecule has 0 amide bonds. The van der Waals surface area contributed by atoms with E-state index in [1.807, 2.05) is 38.2 Å². The number of fused-ring (bicyclic) bond motifs is 1. The largest absolute Gasteiger partial charge is 0.394 e. The smallest absolute Gasteiger partial charge is 0.136 e. The fourth-order valence-electron chi connectivity index (χ4n) is 2.91. The van der Waals surface area contributed by atoms with Crippen LogP contribution in [0.15, 0.2) is 36.5 Å². The summed E-state index contributed by atoms with van der Waals surface area (Å²) in [4.78, 5) is 6.77. The van der Waals surface area contributed by atoms with Crippen LogP contribution in [0.5, 0.6) is 0 Å². The van der Waals surface area contributed by atoms with E-state index in [0.717, 1.165) is 17.7 Å². The number of anilines is 1. The lowest BCUT2D eigenvalue weighted by Crippen LogP contribution is -2.54. The van der Waals surface area contributed by atoms with Crippen LogP contribution in [-0.2, 0) is 4.74 Å². The van der Waals surface area contributed by atoms with Crippen molar-refractivity contribution in [1.29, 1.82) is 0 Å². The van der Waals surface area contributed by atoms with Crippen molar-refractivity contribution < 1.29 is 9.84 Å². The number of aromatic nitrogens is 1. The van der Waals surface area contributed by atoms with Crippen molar-refractivity contribution in [2.45, 2.75) is 25.6 Å². The first-order chi connectivity index (χ1) is 9.59. The molecule has 20 heavy (non-hydrogen) atoms. The minimum absolute atomic E-state index is 0.0324. The number of benzene rings is 1. The van der Waals surface area contributed by atoms with E-state index in [1.165, 1.54) is 5.39 Å². The van der Waals surface area contributed by atoms with E-state index in [9.17, 15) is 5.11 Å². The van der Waals surface area contributed by atoms with Gasteiger partial charge in [-0.3, -0.25) is 0 Å². The zero-order chi connectivity index (χ0) is 14.2. The van der Waals surface area contributed by atoms with Crippen molar-refractivity contribution in [2.75, 3.05) is 24.6 Å². The van der Waals surface area contributed by atoms with Gasteiger partial charge in [0.1, 0.15) is 5.82 Å². The van der Waals surface area contributed by atoms with Crippen LogP contribution in [0.25, 0.3) is 10.8 Å². The van der Waals surface area contributed by atoms with Gasteiger partial charge in [0.15, 0.2) is 0 Å². The third kappa shape index (κ3) is 2.49. The Kier molecular flexibility index (Phi) is 3.36. The molecule has 1 aromatic heterocycles. The quantitative estimate of drug-likeness (QED) is 0.910. The van der Waals surface area contributed by atoms with Gasteiger partial charge in [0, 0.05) is 24.7 Å². The minimum atomic E-state index is -0.287. The summed E-state index contributed by atoms with van der Waals surface area (Å²) in [5.41, 5.74) is -0.287. The molecule has 1 aromatic carbocycles. The summed E-state index contributed by atoms with van der Waals surface area (Å²) in [5, 5.41) is 11.8. The summed E-state index contributed by atoms with van der Waals surface area (Å²) in [7, 11) is 0. The Morgan fingerprint density at radius 1 is 1.35 bits per heavy atom. The summed E-state index contributed by atoms with van der Waals surface area (Å²) in [6.07, 6.45) is 1.67. The Labute approximate surface area is 119 Å². The number of aliphatic hydroxyl groups excluding tert-OH is 1. The van der Waals surface area contributed by atoms with Crippen molar-refractivity contribution in [1.82, 2.24) is 4.98 Å². The molecule has 1 atom stereocenters. The van der Waals surface area contributed by atoms with Gasteiger partial charge in [0.25, 0.3) is 0 Å². The van der Waals surface area contributed by atoms with Gasteiger partial charge < -0.3 is 14.7 Å². The molecule has 2 heterocycles. The molecule has 1 fully saturated rings. The molecule has 1 aliphatic heterocycles. The van der Waals surface area contributed by atoms with Gasteiger partial charge in [-0.25, -0.2) is 4.98 Å². The first kappa shape index (κ1) is 13.3. The van der Waals surface area contributed by atoms with E-state index in [1.54, 1.807) is 0 Å². The topological polar surface area (TPSA) is 45.6 Å². The molecule has 4 nitrogen and oxygen atoms in total. The molecule has 0 radical (unpaired) electrons. The highest BCUT2D eigenvalue weighted by molar-refractivity contribution is 5.92. The van der Waals surface area contributed by atoms with Crippen molar-refractivity contribution in [3.8, 4) is 0 Å². The number of nitrogens with zero attached hydrogens (tertiary/aromatic N) is 2. The second kappa shape index (κ2) is 5.04. The van der Waals surface area contributed by atoms with Gasteiger partial charge in [-0.1, -0.05) is 24.3 Å². The molecule has 0 bridgehead atoms. The maximum atomic E-state index is 9.43. The van der Waals surface area contributed by atoms with E-state index in [2.05, 4.69) is 22.0 Å². The predicted octanol–water partition coefficient (Wildman–Crippen LogP) is 2.21. The lowest BCUT2D eigenvalue weighted by molar-refractivity contribution is -0.101. The number of hydrogen-bond donors (Lipinski definition) is 1. The molecule has 1 unspecified atom stereocenters. The summed E-state index contributed by atoms with van der Waals surface area (Å²) >= 11 is 0. The first-order valence-corrected chi connectivity index (χ1v) is 6.96. The van der Waals surface area contributed by atoms with Crippen LogP contribution in [0.4, 0.5) is 5.82 Å². The van der Waals surface area contributed by atoms with Gasteiger partial charge >= 0.3 is 0 Å². The fourth-order valence-corrected chi connectivity index (χ4v) is 2.91. The standard InChI is InChI=1S/C16H20N2O2/c1-16(2)11-18(9-13(10-19)20-16)15-14-6-4-3-5-12(14)7-8-17-15/h3-8,13,19H,9-11H2,1-2H3. The number of morpholine rings is 1. The fraction of sp³-hybridized carbons (Fsp3) is 0.438. The van der Waals surface area contributed by atoms with E-state index in [0.29, 0.717) is 6.54 Å². The first-order valence-electron chi connectivity index (χ1n) is 6.96. The Bertz CT molecular complexity index is 607. The highest BCUT2D eigenvalue weighted by Gasteiger charge is 2.34. The number of ether oxygens (including phenoxy) is 1. The third-order valence-electron chi connectivity index (χ3n) is 3.64. The van der Waals surface area contributed by atoms with Crippen molar-refractivity contribution in [3.63, 3.8) is 0 Å². The Balaban J connectivity index is 2.01. The molecule has 0 spiro atoms. The average molecular weight is 272 g/mol. The highest BCUT2D eigenvalue weighted by Crippen LogP contribution is 2.29. The molecular weight excluding hydrogens is 252 g/mol. The predicted molar refractivity (Wildman–Crippen MR) is 80.0 cm³/mol. The van der Waals surface area contributed by atoms with Gasteiger partial charge in [-0.05, 0) is 25.3 Å². The van der Waals surface area contributed by atoms with Gasteiger partial charge in [0.2, 0.25) is 0 Å². The molecule has 3 rings (SSSR count). The van der Waals surface area contributed by atoms with Crippen molar-refractivity contribution in [3.05, 3.63) is 36.5 Å². The molecule has 1 saturated heterocycles. The number of rotatable bonds is 2. The lowest BCUT2D eigenvalue weighted by Gasteiger charge is -2.43. The number of pyridine rings is 1. The molecule has 1 aliphatic rings. The Hall–Kier alpha value is -1.65. The SMILES string of the molecule is CC1(C)CN(c2nccc3ccccc23)CC(CO)O1. The average Bonchev–Trinajstić information content (AvgIpc) is 2.45. The molecule has 0 saturated carbocycles. The van der Waals surface area contributed by atoms with Crippen LogP contribution in [0, 0.1) is 0 Å². The van der Waals surface area contributed by atoms with Crippen LogP contribution in [0.3, 0.4) is 0 Å². The third-order valence-corrected chi connectivity index (χ3v) is 3.64. The van der Waals surface area contributed by atoms with Crippen LogP contribution in [0.1, 0.15) is 13.8 Å². The summed E-state index contributed by atoms with van der Waals surface area (Å²) in [6.45, 7) is 5.57. The van der Waals surface area contributed by atoms with Crippen LogP contribution < -0.4 is 4.90 Å². The molecule has 0 aliphatic carbocycles. The number of aliphatic hydroxyl groups is 1. The normalized spacial score (nSPS) is 22.1. The molecule has 1 N–H and O–H groups in total. The van der Waals surface area contributed by atoms with Crippen molar-refractivity contribution >= 4 is 16.6 Å². The van der Waals surface area contributed by atoms with Gasteiger partial charge in [0.05, 0.1) is 18.3 Å². The zero-order valence-corrected chi connectivity index (χ0v) is 11.9. The molecule has 2 aromatic rings. The van der Waals surface area contributed by atoms with Gasteiger partial charge in [-0.15, -0.1) is 0 Å². The zero-order valence-electron chi connectivity index (χ0n) is 11.9. The molecule has 4 heteroatoms.